The van der Waals surface area contributed by atoms with Crippen LogP contribution in [0.5, 0.6) is 0 Å². The van der Waals surface area contributed by atoms with E-state index in [1.807, 2.05) is 19.1 Å². The Morgan fingerprint density at radius 1 is 0.909 bits per heavy atom. The largest absolute Gasteiger partial charge is 0.478 e. The monoisotopic (exact) mass is 599 g/mol. The number of carbonyl (C=O) groups is 3. The van der Waals surface area contributed by atoms with Gasteiger partial charge in [0.2, 0.25) is 11.8 Å². The molecule has 2 aromatic carbocycles. The zero-order valence-corrected chi connectivity index (χ0v) is 25.9. The molecule has 0 spiro atoms. The Kier molecular flexibility index (Phi) is 9.52. The SMILES string of the molecule is CCCCN(CCCC)c1ccc2c(C)c(/C=C/c3cc(N4CCCC4=O)c(C(=O)O)cc3N3CCCC3=O)c(=O)oc2c1. The van der Waals surface area contributed by atoms with Gasteiger partial charge in [-0.3, -0.25) is 9.59 Å². The maximum Gasteiger partial charge on any atom is 0.343 e. The molecule has 0 aliphatic carbocycles. The summed E-state index contributed by atoms with van der Waals surface area (Å²) in [4.78, 5) is 56.4. The van der Waals surface area contributed by atoms with Crippen LogP contribution in [-0.4, -0.2) is 49.1 Å². The van der Waals surface area contributed by atoms with E-state index in [2.05, 4.69) is 24.8 Å². The Labute approximate surface area is 257 Å². The number of carboxylic acid groups (broad SMARTS) is 1. The summed E-state index contributed by atoms with van der Waals surface area (Å²) in [6, 6.07) is 9.15. The minimum absolute atomic E-state index is 0.0313. The van der Waals surface area contributed by atoms with Gasteiger partial charge in [0.25, 0.3) is 0 Å². The molecule has 1 N–H and O–H groups in total. The van der Waals surface area contributed by atoms with Crippen molar-refractivity contribution in [2.24, 2.45) is 0 Å². The van der Waals surface area contributed by atoms with Crippen molar-refractivity contribution < 1.29 is 23.9 Å². The number of carbonyl (C=O) groups excluding carboxylic acids is 2. The van der Waals surface area contributed by atoms with Crippen LogP contribution in [0.15, 0.2) is 39.5 Å². The molecule has 0 unspecified atom stereocenters. The highest BCUT2D eigenvalue weighted by Gasteiger charge is 2.30. The molecule has 0 atom stereocenters. The van der Waals surface area contributed by atoms with Crippen LogP contribution in [-0.2, 0) is 9.59 Å². The summed E-state index contributed by atoms with van der Waals surface area (Å²) in [7, 11) is 0. The Hall–Kier alpha value is -4.40. The zero-order chi connectivity index (χ0) is 31.4. The fourth-order valence-corrected chi connectivity index (χ4v) is 6.15. The molecule has 2 fully saturated rings. The maximum atomic E-state index is 13.3. The van der Waals surface area contributed by atoms with Gasteiger partial charge < -0.3 is 24.2 Å². The van der Waals surface area contributed by atoms with Gasteiger partial charge in [0.15, 0.2) is 0 Å². The van der Waals surface area contributed by atoms with Crippen molar-refractivity contribution in [3.8, 4) is 0 Å². The number of nitrogens with zero attached hydrogens (tertiary/aromatic N) is 3. The molecular formula is C35H41N3O6. The molecule has 9 nitrogen and oxygen atoms in total. The van der Waals surface area contributed by atoms with Crippen molar-refractivity contribution in [3.05, 3.63) is 63.0 Å². The smallest absolute Gasteiger partial charge is 0.343 e. The van der Waals surface area contributed by atoms with Crippen LogP contribution in [0.4, 0.5) is 17.1 Å². The molecular weight excluding hydrogens is 558 g/mol. The second-order valence-corrected chi connectivity index (χ2v) is 11.7. The average molecular weight is 600 g/mol. The fourth-order valence-electron chi connectivity index (χ4n) is 6.15. The minimum Gasteiger partial charge on any atom is -0.478 e. The molecule has 1 aromatic heterocycles. The van der Waals surface area contributed by atoms with Crippen molar-refractivity contribution in [2.45, 2.75) is 72.1 Å². The second-order valence-electron chi connectivity index (χ2n) is 11.7. The van der Waals surface area contributed by atoms with Crippen LogP contribution in [0.3, 0.4) is 0 Å². The van der Waals surface area contributed by atoms with Gasteiger partial charge in [0, 0.05) is 61.7 Å². The Morgan fingerprint density at radius 2 is 1.55 bits per heavy atom. The number of amides is 2. The number of unbranched alkanes of at least 4 members (excludes halogenated alkanes) is 2. The van der Waals surface area contributed by atoms with Gasteiger partial charge in [-0.05, 0) is 68.5 Å². The first-order valence-electron chi connectivity index (χ1n) is 15.8. The van der Waals surface area contributed by atoms with Gasteiger partial charge in [-0.1, -0.05) is 32.8 Å². The minimum atomic E-state index is -1.17. The molecule has 2 saturated heterocycles. The molecule has 0 bridgehead atoms. The summed E-state index contributed by atoms with van der Waals surface area (Å²) < 4.78 is 5.85. The summed E-state index contributed by atoms with van der Waals surface area (Å²) >= 11 is 0. The molecule has 9 heteroatoms. The second kappa shape index (κ2) is 13.5. The van der Waals surface area contributed by atoms with Crippen molar-refractivity contribution >= 4 is 58.0 Å². The molecule has 3 heterocycles. The lowest BCUT2D eigenvalue weighted by molar-refractivity contribution is -0.117. The lowest BCUT2D eigenvalue weighted by Gasteiger charge is -2.25. The van der Waals surface area contributed by atoms with Crippen molar-refractivity contribution in [3.63, 3.8) is 0 Å². The van der Waals surface area contributed by atoms with Crippen LogP contribution >= 0.6 is 0 Å². The molecule has 3 aromatic rings. The molecule has 5 rings (SSSR count). The van der Waals surface area contributed by atoms with E-state index in [-0.39, 0.29) is 17.4 Å². The van der Waals surface area contributed by atoms with Crippen LogP contribution < -0.4 is 20.3 Å². The first-order valence-corrected chi connectivity index (χ1v) is 15.8. The number of rotatable bonds is 12. The third-order valence-corrected chi connectivity index (χ3v) is 8.66. The van der Waals surface area contributed by atoms with E-state index in [9.17, 15) is 24.3 Å². The van der Waals surface area contributed by atoms with E-state index in [0.717, 1.165) is 55.4 Å². The zero-order valence-electron chi connectivity index (χ0n) is 25.9. The third kappa shape index (κ3) is 6.27. The third-order valence-electron chi connectivity index (χ3n) is 8.66. The van der Waals surface area contributed by atoms with Gasteiger partial charge in [-0.15, -0.1) is 0 Å². The van der Waals surface area contributed by atoms with Gasteiger partial charge in [0.1, 0.15) is 5.58 Å². The van der Waals surface area contributed by atoms with Crippen molar-refractivity contribution in [2.75, 3.05) is 40.9 Å². The number of carboxylic acids is 1. The molecule has 232 valence electrons. The molecule has 2 aliphatic rings. The maximum absolute atomic E-state index is 13.3. The molecule has 2 aliphatic heterocycles. The summed E-state index contributed by atoms with van der Waals surface area (Å²) in [5.74, 6) is -1.40. The summed E-state index contributed by atoms with van der Waals surface area (Å²) in [6.45, 7) is 9.02. The first-order chi connectivity index (χ1) is 21.2. The first kappa shape index (κ1) is 31.0. The lowest BCUT2D eigenvalue weighted by Crippen LogP contribution is -2.28. The standard InChI is InChI=1S/C35H41N3O6/c1-4-6-16-36(17-7-5-2)25-13-15-26-23(3)27(35(43)44-31(26)21-25)14-12-24-20-30(38-19-9-11-33(38)40)28(34(41)42)22-29(24)37-18-8-10-32(37)39/h12-15,20-22H,4-11,16-19H2,1-3H3,(H,41,42)/b14-12+. The number of fused-ring (bicyclic) bond motifs is 1. The van der Waals surface area contributed by atoms with Gasteiger partial charge in [-0.25, -0.2) is 9.59 Å². The van der Waals surface area contributed by atoms with Gasteiger partial charge in [0.05, 0.1) is 22.5 Å². The summed E-state index contributed by atoms with van der Waals surface area (Å²) in [5.41, 5.74) is 3.49. The Balaban J connectivity index is 1.57. The van der Waals surface area contributed by atoms with E-state index < -0.39 is 11.6 Å². The lowest BCUT2D eigenvalue weighted by atomic mass is 10.0. The molecule has 0 radical (unpaired) electrons. The van der Waals surface area contributed by atoms with Gasteiger partial charge >= 0.3 is 11.6 Å². The highest BCUT2D eigenvalue weighted by atomic mass is 16.4. The van der Waals surface area contributed by atoms with Crippen molar-refractivity contribution in [1.29, 1.82) is 0 Å². The number of aromatic carboxylic acids is 1. The quantitative estimate of drug-likeness (QED) is 0.233. The number of benzene rings is 2. The molecule has 2 amide bonds. The summed E-state index contributed by atoms with van der Waals surface area (Å²) in [5, 5.41) is 10.9. The van der Waals surface area contributed by atoms with E-state index in [0.29, 0.717) is 66.9 Å². The van der Waals surface area contributed by atoms with E-state index in [1.54, 1.807) is 23.1 Å². The number of hydrogen-bond donors (Lipinski definition) is 1. The highest BCUT2D eigenvalue weighted by Crippen LogP contribution is 2.36. The fraction of sp³-hybridized carbons (Fsp3) is 0.429. The van der Waals surface area contributed by atoms with E-state index in [4.69, 9.17) is 4.42 Å². The van der Waals surface area contributed by atoms with E-state index >= 15 is 0 Å². The van der Waals surface area contributed by atoms with E-state index in [1.165, 1.54) is 11.0 Å². The Bertz CT molecular complexity index is 1670. The van der Waals surface area contributed by atoms with Gasteiger partial charge in [-0.2, -0.15) is 0 Å². The molecule has 44 heavy (non-hydrogen) atoms. The van der Waals surface area contributed by atoms with Crippen molar-refractivity contribution in [1.82, 2.24) is 0 Å². The average Bonchev–Trinajstić information content (AvgIpc) is 3.63. The number of aryl methyl sites for hydroxylation is 1. The van der Waals surface area contributed by atoms with Crippen LogP contribution in [0, 0.1) is 6.92 Å². The predicted octanol–water partition coefficient (Wildman–Crippen LogP) is 6.63. The number of hydrogen-bond acceptors (Lipinski definition) is 6. The Morgan fingerprint density at radius 3 is 2.11 bits per heavy atom. The predicted molar refractivity (Wildman–Crippen MR) is 175 cm³/mol. The summed E-state index contributed by atoms with van der Waals surface area (Å²) in [6.07, 6.45) is 9.79. The van der Waals surface area contributed by atoms with Crippen LogP contribution in [0.1, 0.15) is 92.3 Å². The normalized spacial score (nSPS) is 15.3. The topological polar surface area (TPSA) is 111 Å². The molecule has 0 saturated carbocycles. The van der Waals surface area contributed by atoms with Crippen LogP contribution in [0.2, 0.25) is 0 Å². The highest BCUT2D eigenvalue weighted by molar-refractivity contribution is 6.07. The van der Waals surface area contributed by atoms with Crippen LogP contribution in [0.25, 0.3) is 23.1 Å². The number of anilines is 3.